The van der Waals surface area contributed by atoms with Gasteiger partial charge in [0.05, 0.1) is 6.54 Å². The molecule has 1 fully saturated rings. The van der Waals surface area contributed by atoms with Crippen molar-refractivity contribution in [1.82, 2.24) is 15.5 Å². The third-order valence-electron chi connectivity index (χ3n) is 4.15. The molecule has 4 atom stereocenters. The number of guanidine groups is 1. The minimum Gasteiger partial charge on any atom is -0.351 e. The Hall–Kier alpha value is -2.20. The lowest BCUT2D eigenvalue weighted by atomic mass is 10.1. The van der Waals surface area contributed by atoms with Crippen molar-refractivity contribution in [3.05, 3.63) is 0 Å². The van der Waals surface area contributed by atoms with Crippen LogP contribution in [0.5, 0.6) is 0 Å². The third kappa shape index (κ3) is 3.34. The number of hydrogen-bond acceptors (Lipinski definition) is 6. The number of nitrogens with two attached hydrogens (primary N) is 3. The van der Waals surface area contributed by atoms with Crippen molar-refractivity contribution in [3.8, 4) is 0 Å². The highest BCUT2D eigenvalue weighted by atomic mass is 16.2. The first-order valence-electron chi connectivity index (χ1n) is 6.98. The maximum atomic E-state index is 12.2. The van der Waals surface area contributed by atoms with Crippen molar-refractivity contribution in [2.24, 2.45) is 34.0 Å². The van der Waals surface area contributed by atoms with Gasteiger partial charge in [0.2, 0.25) is 11.9 Å². The van der Waals surface area contributed by atoms with Crippen LogP contribution >= 0.6 is 0 Å². The molecule has 2 unspecified atom stereocenters. The fraction of sp³-hybridized carbons (Fsp3) is 0.667. The van der Waals surface area contributed by atoms with Gasteiger partial charge in [-0.1, -0.05) is 0 Å². The number of likely N-dealkylation sites (N-methyl/N-ethyl adjacent to an activating group) is 1. The number of nitrogens with zero attached hydrogens (tertiary/aromatic N) is 2. The van der Waals surface area contributed by atoms with Gasteiger partial charge in [-0.25, -0.2) is 9.79 Å². The average Bonchev–Trinajstić information content (AvgIpc) is 3.06. The highest BCUT2D eigenvalue weighted by Gasteiger charge is 2.48. The number of hydrogen-bond donors (Lipinski definition) is 5. The van der Waals surface area contributed by atoms with Crippen LogP contribution in [0.4, 0.5) is 4.79 Å². The molecule has 10 heteroatoms. The molecule has 2 rings (SSSR count). The molecule has 0 saturated heterocycles. The van der Waals surface area contributed by atoms with Gasteiger partial charge in [-0.2, -0.15) is 0 Å². The largest absolute Gasteiger partial charge is 0.351 e. The molecule has 0 aromatic carbocycles. The lowest BCUT2D eigenvalue weighted by Gasteiger charge is -2.29. The maximum absolute atomic E-state index is 12.2. The second kappa shape index (κ2) is 6.28. The summed E-state index contributed by atoms with van der Waals surface area (Å²) < 4.78 is 0. The highest BCUT2D eigenvalue weighted by molar-refractivity contribution is 6.07. The molecule has 1 aliphatic heterocycles. The summed E-state index contributed by atoms with van der Waals surface area (Å²) in [6.07, 6.45) is 0.263. The second-order valence-electron chi connectivity index (χ2n) is 5.53. The Morgan fingerprint density at radius 3 is 2.64 bits per heavy atom. The number of rotatable bonds is 4. The molecule has 122 valence electrons. The van der Waals surface area contributed by atoms with Crippen molar-refractivity contribution in [2.45, 2.75) is 18.5 Å². The van der Waals surface area contributed by atoms with Gasteiger partial charge in [-0.05, 0) is 18.4 Å². The number of nitrogens with one attached hydrogen (secondary N) is 2. The molecule has 0 spiro atoms. The van der Waals surface area contributed by atoms with E-state index in [0.717, 1.165) is 0 Å². The van der Waals surface area contributed by atoms with Crippen LogP contribution in [0.1, 0.15) is 6.42 Å². The fourth-order valence-electron chi connectivity index (χ4n) is 2.60. The Morgan fingerprint density at radius 2 is 2.14 bits per heavy atom. The summed E-state index contributed by atoms with van der Waals surface area (Å²) in [5.74, 6) is -0.380. The van der Waals surface area contributed by atoms with Crippen molar-refractivity contribution in [2.75, 3.05) is 20.1 Å². The summed E-state index contributed by atoms with van der Waals surface area (Å²) in [5.41, 5.74) is 16.3. The quantitative estimate of drug-likeness (QED) is 0.369. The summed E-state index contributed by atoms with van der Waals surface area (Å²) in [6, 6.07) is -1.60. The minimum atomic E-state index is -0.822. The smallest absolute Gasteiger partial charge is 0.318 e. The summed E-state index contributed by atoms with van der Waals surface area (Å²) in [6.45, 7) is 0.514. The van der Waals surface area contributed by atoms with Gasteiger partial charge in [0.25, 0.3) is 5.91 Å². The minimum absolute atomic E-state index is 0.0120. The van der Waals surface area contributed by atoms with Gasteiger partial charge in [0.15, 0.2) is 0 Å². The molecule has 8 N–H and O–H groups in total. The van der Waals surface area contributed by atoms with E-state index >= 15 is 0 Å². The van der Waals surface area contributed by atoms with Crippen molar-refractivity contribution in [3.63, 3.8) is 0 Å². The van der Waals surface area contributed by atoms with E-state index in [0.29, 0.717) is 6.54 Å². The topological polar surface area (TPSA) is 169 Å². The summed E-state index contributed by atoms with van der Waals surface area (Å²) in [4.78, 5) is 40.2. The highest BCUT2D eigenvalue weighted by Crippen LogP contribution is 2.39. The predicted octanol–water partition coefficient (Wildman–Crippen LogP) is -3.11. The Bertz CT molecular complexity index is 521. The van der Waals surface area contributed by atoms with E-state index in [1.165, 1.54) is 4.90 Å². The average molecular weight is 311 g/mol. The van der Waals surface area contributed by atoms with Crippen LogP contribution in [0.2, 0.25) is 0 Å². The van der Waals surface area contributed by atoms with E-state index in [1.807, 2.05) is 0 Å². The zero-order valence-corrected chi connectivity index (χ0v) is 12.3. The molecule has 0 aromatic rings. The van der Waals surface area contributed by atoms with Crippen LogP contribution in [0, 0.1) is 11.8 Å². The Kier molecular flexibility index (Phi) is 4.62. The van der Waals surface area contributed by atoms with Gasteiger partial charge in [-0.15, -0.1) is 0 Å². The van der Waals surface area contributed by atoms with Crippen molar-refractivity contribution in [1.29, 1.82) is 0 Å². The van der Waals surface area contributed by atoms with Crippen LogP contribution in [0.15, 0.2) is 4.99 Å². The van der Waals surface area contributed by atoms with E-state index in [9.17, 15) is 14.4 Å². The Balaban J connectivity index is 1.91. The van der Waals surface area contributed by atoms with Gasteiger partial charge in [-0.3, -0.25) is 20.2 Å². The van der Waals surface area contributed by atoms with E-state index < -0.39 is 18.0 Å². The van der Waals surface area contributed by atoms with Gasteiger partial charge in [0.1, 0.15) is 6.04 Å². The number of aliphatic imine (C=N–C) groups is 1. The second-order valence-corrected chi connectivity index (χ2v) is 5.53. The van der Waals surface area contributed by atoms with E-state index in [2.05, 4.69) is 15.6 Å². The first-order chi connectivity index (χ1) is 10.3. The Morgan fingerprint density at radius 1 is 1.45 bits per heavy atom. The number of primary amides is 1. The lowest BCUT2D eigenvalue weighted by Crippen LogP contribution is -2.58. The van der Waals surface area contributed by atoms with Crippen LogP contribution < -0.4 is 27.8 Å². The third-order valence-corrected chi connectivity index (χ3v) is 4.15. The molecular formula is C12H21N7O3. The molecule has 1 heterocycles. The molecule has 1 aliphatic carbocycles. The molecule has 10 nitrogen and oxygen atoms in total. The van der Waals surface area contributed by atoms with Crippen LogP contribution in [-0.2, 0) is 9.59 Å². The molecule has 0 radical (unpaired) electrons. The van der Waals surface area contributed by atoms with E-state index in [4.69, 9.17) is 17.2 Å². The molecule has 22 heavy (non-hydrogen) atoms. The Labute approximate surface area is 127 Å². The lowest BCUT2D eigenvalue weighted by molar-refractivity contribution is -0.138. The zero-order valence-electron chi connectivity index (χ0n) is 12.3. The van der Waals surface area contributed by atoms with Crippen LogP contribution in [0.3, 0.4) is 0 Å². The van der Waals surface area contributed by atoms with E-state index in [1.54, 1.807) is 7.05 Å². The van der Waals surface area contributed by atoms with Crippen molar-refractivity contribution >= 4 is 23.8 Å². The van der Waals surface area contributed by atoms with Crippen LogP contribution in [0.25, 0.3) is 0 Å². The first-order valence-corrected chi connectivity index (χ1v) is 6.98. The number of amides is 4. The summed E-state index contributed by atoms with van der Waals surface area (Å²) in [7, 11) is 1.54. The molecular weight excluding hydrogens is 290 g/mol. The van der Waals surface area contributed by atoms with Gasteiger partial charge >= 0.3 is 6.03 Å². The molecule has 2 aliphatic rings. The summed E-state index contributed by atoms with van der Waals surface area (Å²) >= 11 is 0. The normalized spacial score (nSPS) is 30.1. The maximum Gasteiger partial charge on any atom is 0.318 e. The monoisotopic (exact) mass is 311 g/mol. The molecule has 4 amide bonds. The van der Waals surface area contributed by atoms with Gasteiger partial charge < -0.3 is 22.1 Å². The molecule has 0 bridgehead atoms. The van der Waals surface area contributed by atoms with Crippen molar-refractivity contribution < 1.29 is 14.4 Å². The number of carbonyl (C=O) groups excluding carboxylic acids is 3. The fourth-order valence-corrected chi connectivity index (χ4v) is 2.60. The first kappa shape index (κ1) is 16.2. The zero-order chi connectivity index (χ0) is 16.4. The molecule has 0 aromatic heterocycles. The van der Waals surface area contributed by atoms with Gasteiger partial charge in [0, 0.05) is 19.5 Å². The SMILES string of the molecule is CN(C(=O)CC1[C@@H](N)[C@@H]1CN)C1CN=C(NC(N)=O)NC1=O. The number of carbonyl (C=O) groups is 3. The summed E-state index contributed by atoms with van der Waals surface area (Å²) in [5, 5.41) is 4.58. The standard InChI is InChI=1S/C12H21N7O3/c1-19(8(20)2-5-6(3-13)9(5)14)7-4-16-12(17-10(7)21)18-11(15)22/h5-7,9H,2-4,13-14H2,1H3,(H4,15,16,17,18,21,22)/t5?,6-,7?,9-/m1/s1. The molecule has 1 saturated carbocycles. The van der Waals surface area contributed by atoms with Crippen LogP contribution in [-0.4, -0.2) is 60.9 Å². The predicted molar refractivity (Wildman–Crippen MR) is 78.3 cm³/mol. The van der Waals surface area contributed by atoms with E-state index in [-0.39, 0.29) is 42.7 Å². The number of urea groups is 1.